The minimum Gasteiger partial charge on any atom is -0.493 e. The number of hydrogen-bond acceptors (Lipinski definition) is 5. The third-order valence-electron chi connectivity index (χ3n) is 5.00. The van der Waals surface area contributed by atoms with Crippen LogP contribution in [-0.2, 0) is 11.2 Å². The Bertz CT molecular complexity index is 933. The summed E-state index contributed by atoms with van der Waals surface area (Å²) in [7, 11) is 1.53. The smallest absolute Gasteiger partial charge is 0.341 e. The maximum atomic E-state index is 12.3. The standard InChI is InChI=1S/C21H25NO6/c1-4-14-10-13-11-18(28-9-8-27-5-2)17(26-3)12-15(13)20-19(21(24)25)16(23)6-7-22(14)20/h6-7,11-12,14H,4-5,8-10H2,1-3H3,(H,24,25). The van der Waals surface area contributed by atoms with Crippen LogP contribution in [0.15, 0.2) is 29.2 Å². The normalized spacial score (nSPS) is 14.9. The van der Waals surface area contributed by atoms with Crippen LogP contribution in [0.4, 0.5) is 0 Å². The van der Waals surface area contributed by atoms with E-state index in [4.69, 9.17) is 14.2 Å². The molecule has 0 bridgehead atoms. The number of carboxylic acids is 1. The Kier molecular flexibility index (Phi) is 6.04. The number of ether oxygens (including phenoxy) is 3. The van der Waals surface area contributed by atoms with Crippen molar-refractivity contribution in [1.29, 1.82) is 0 Å². The highest BCUT2D eigenvalue weighted by Gasteiger charge is 2.30. The molecule has 2 aromatic rings. The zero-order chi connectivity index (χ0) is 20.3. The third kappa shape index (κ3) is 3.62. The first-order valence-corrected chi connectivity index (χ1v) is 9.42. The van der Waals surface area contributed by atoms with Gasteiger partial charge in [-0.05, 0) is 37.5 Å². The lowest BCUT2D eigenvalue weighted by atomic mass is 9.89. The molecule has 1 aromatic carbocycles. The monoisotopic (exact) mass is 387 g/mol. The first-order chi connectivity index (χ1) is 13.5. The summed E-state index contributed by atoms with van der Waals surface area (Å²) in [6.45, 7) is 5.43. The molecular weight excluding hydrogens is 362 g/mol. The van der Waals surface area contributed by atoms with Crippen LogP contribution in [0.25, 0.3) is 11.3 Å². The summed E-state index contributed by atoms with van der Waals surface area (Å²) in [4.78, 5) is 24.1. The lowest BCUT2D eigenvalue weighted by Gasteiger charge is -2.31. The van der Waals surface area contributed by atoms with Gasteiger partial charge in [-0.15, -0.1) is 0 Å². The molecule has 150 valence electrons. The van der Waals surface area contributed by atoms with Crippen LogP contribution in [0.3, 0.4) is 0 Å². The number of carboxylic acid groups (broad SMARTS) is 1. The number of nitrogens with zero attached hydrogens (tertiary/aromatic N) is 1. The second-order valence-electron chi connectivity index (χ2n) is 6.59. The van der Waals surface area contributed by atoms with E-state index in [0.717, 1.165) is 12.0 Å². The molecule has 28 heavy (non-hydrogen) atoms. The highest BCUT2D eigenvalue weighted by molar-refractivity contribution is 5.96. The zero-order valence-corrected chi connectivity index (χ0v) is 16.4. The highest BCUT2D eigenvalue weighted by atomic mass is 16.5. The summed E-state index contributed by atoms with van der Waals surface area (Å²) >= 11 is 0. The fraction of sp³-hybridized carbons (Fsp3) is 0.429. The van der Waals surface area contributed by atoms with Gasteiger partial charge in [0.15, 0.2) is 16.9 Å². The van der Waals surface area contributed by atoms with Crippen LogP contribution in [0.2, 0.25) is 0 Å². The van der Waals surface area contributed by atoms with Gasteiger partial charge in [-0.2, -0.15) is 0 Å². The number of hydrogen-bond donors (Lipinski definition) is 1. The summed E-state index contributed by atoms with van der Waals surface area (Å²) in [5.74, 6) is -0.156. The molecule has 0 spiro atoms. The van der Waals surface area contributed by atoms with E-state index in [-0.39, 0.29) is 11.6 Å². The zero-order valence-electron chi connectivity index (χ0n) is 16.4. The Hall–Kier alpha value is -2.80. The van der Waals surface area contributed by atoms with Crippen molar-refractivity contribution in [2.24, 2.45) is 0 Å². The molecule has 1 N–H and O–H groups in total. The topological polar surface area (TPSA) is 87.0 Å². The Morgan fingerprint density at radius 1 is 1.25 bits per heavy atom. The van der Waals surface area contributed by atoms with Crippen molar-refractivity contribution in [3.63, 3.8) is 0 Å². The van der Waals surface area contributed by atoms with E-state index in [1.807, 2.05) is 24.5 Å². The van der Waals surface area contributed by atoms with Crippen LogP contribution in [0.5, 0.6) is 11.5 Å². The van der Waals surface area contributed by atoms with E-state index >= 15 is 0 Å². The fourth-order valence-corrected chi connectivity index (χ4v) is 3.65. The summed E-state index contributed by atoms with van der Waals surface area (Å²) in [5, 5.41) is 9.67. The number of aromatic nitrogens is 1. The fourth-order valence-electron chi connectivity index (χ4n) is 3.65. The second-order valence-corrected chi connectivity index (χ2v) is 6.59. The van der Waals surface area contributed by atoms with Crippen LogP contribution >= 0.6 is 0 Å². The molecule has 0 aliphatic carbocycles. The minimum atomic E-state index is -1.23. The molecule has 3 rings (SSSR count). The van der Waals surface area contributed by atoms with E-state index < -0.39 is 11.4 Å². The first-order valence-electron chi connectivity index (χ1n) is 9.42. The number of aromatic carboxylic acids is 1. The Morgan fingerprint density at radius 3 is 2.68 bits per heavy atom. The van der Waals surface area contributed by atoms with E-state index in [2.05, 4.69) is 0 Å². The van der Waals surface area contributed by atoms with E-state index in [9.17, 15) is 14.7 Å². The number of pyridine rings is 1. The minimum absolute atomic E-state index is 0.0610. The average Bonchev–Trinajstić information content (AvgIpc) is 2.69. The molecule has 1 aliphatic heterocycles. The van der Waals surface area contributed by atoms with Crippen LogP contribution in [-0.4, -0.2) is 42.6 Å². The van der Waals surface area contributed by atoms with Gasteiger partial charge in [0.25, 0.3) is 0 Å². The Morgan fingerprint density at radius 2 is 2.04 bits per heavy atom. The Labute approximate surface area is 163 Å². The third-order valence-corrected chi connectivity index (χ3v) is 5.00. The molecule has 0 fully saturated rings. The van der Waals surface area contributed by atoms with E-state index in [1.165, 1.54) is 13.2 Å². The van der Waals surface area contributed by atoms with Crippen molar-refractivity contribution in [3.05, 3.63) is 45.7 Å². The Balaban J connectivity index is 2.14. The predicted molar refractivity (Wildman–Crippen MR) is 105 cm³/mol. The predicted octanol–water partition coefficient (Wildman–Crippen LogP) is 3.14. The SMILES string of the molecule is CCOCCOc1cc2c(cc1OC)-c1c(C(=O)O)c(=O)ccn1C(CC)C2. The molecule has 1 atom stereocenters. The van der Waals surface area contributed by atoms with Crippen molar-refractivity contribution in [2.75, 3.05) is 26.9 Å². The molecule has 1 unspecified atom stereocenters. The average molecular weight is 387 g/mol. The van der Waals surface area contributed by atoms with E-state index in [1.54, 1.807) is 12.3 Å². The molecule has 7 heteroatoms. The van der Waals surface area contributed by atoms with Crippen molar-refractivity contribution in [2.45, 2.75) is 32.7 Å². The van der Waals surface area contributed by atoms with Gasteiger partial charge in [0, 0.05) is 30.5 Å². The van der Waals surface area contributed by atoms with E-state index in [0.29, 0.717) is 49.0 Å². The highest BCUT2D eigenvalue weighted by Crippen LogP contribution is 2.42. The first kappa shape index (κ1) is 19.9. The lowest BCUT2D eigenvalue weighted by molar-refractivity contribution is 0.0695. The molecular formula is C21H25NO6. The molecule has 1 aliphatic rings. The van der Waals surface area contributed by atoms with Crippen molar-refractivity contribution in [3.8, 4) is 22.8 Å². The number of fused-ring (bicyclic) bond motifs is 3. The van der Waals surface area contributed by atoms with Gasteiger partial charge in [0.2, 0.25) is 0 Å². The van der Waals surface area contributed by atoms with Crippen molar-refractivity contribution >= 4 is 5.97 Å². The summed E-state index contributed by atoms with van der Waals surface area (Å²) in [6.07, 6.45) is 3.20. The summed E-state index contributed by atoms with van der Waals surface area (Å²) < 4.78 is 18.5. The molecule has 7 nitrogen and oxygen atoms in total. The molecule has 0 radical (unpaired) electrons. The van der Waals surface area contributed by atoms with Crippen molar-refractivity contribution < 1.29 is 24.1 Å². The molecule has 0 saturated heterocycles. The van der Waals surface area contributed by atoms with Gasteiger partial charge in [0.05, 0.1) is 19.4 Å². The van der Waals surface area contributed by atoms with Crippen molar-refractivity contribution in [1.82, 2.24) is 4.57 Å². The molecule has 1 aromatic heterocycles. The number of carbonyl (C=O) groups is 1. The number of rotatable bonds is 8. The summed E-state index contributed by atoms with van der Waals surface area (Å²) in [6, 6.07) is 5.03. The maximum Gasteiger partial charge on any atom is 0.341 e. The van der Waals surface area contributed by atoms with Gasteiger partial charge in [-0.1, -0.05) is 6.92 Å². The molecule has 0 amide bonds. The largest absolute Gasteiger partial charge is 0.493 e. The summed E-state index contributed by atoms with van der Waals surface area (Å²) in [5.41, 5.74) is 1.33. The van der Waals surface area contributed by atoms with Gasteiger partial charge in [-0.25, -0.2) is 4.79 Å². The lowest BCUT2D eigenvalue weighted by Crippen LogP contribution is -2.26. The quantitative estimate of drug-likeness (QED) is 0.700. The maximum absolute atomic E-state index is 12.3. The van der Waals surface area contributed by atoms with Crippen LogP contribution in [0, 0.1) is 0 Å². The molecule has 2 heterocycles. The van der Waals surface area contributed by atoms with Gasteiger partial charge < -0.3 is 23.9 Å². The molecule has 0 saturated carbocycles. The second kappa shape index (κ2) is 8.48. The van der Waals surface area contributed by atoms with Gasteiger partial charge in [0.1, 0.15) is 12.2 Å². The van der Waals surface area contributed by atoms with Crippen LogP contribution in [0.1, 0.15) is 42.2 Å². The van der Waals surface area contributed by atoms with Crippen LogP contribution < -0.4 is 14.9 Å². The number of methoxy groups -OCH3 is 1. The van der Waals surface area contributed by atoms with Gasteiger partial charge in [-0.3, -0.25) is 4.79 Å². The number of benzene rings is 1. The van der Waals surface area contributed by atoms with Gasteiger partial charge >= 0.3 is 5.97 Å².